The molecule has 0 saturated heterocycles. The van der Waals surface area contributed by atoms with E-state index in [0.717, 1.165) is 12.1 Å². The van der Waals surface area contributed by atoms with E-state index in [1.807, 2.05) is 6.07 Å². The second-order valence-corrected chi connectivity index (χ2v) is 7.38. The van der Waals surface area contributed by atoms with E-state index >= 15 is 0 Å². The van der Waals surface area contributed by atoms with Gasteiger partial charge in [0.15, 0.2) is 0 Å². The molecule has 0 saturated carbocycles. The van der Waals surface area contributed by atoms with Crippen LogP contribution in [0.25, 0.3) is 0 Å². The summed E-state index contributed by atoms with van der Waals surface area (Å²) in [6.45, 7) is 2.92. The van der Waals surface area contributed by atoms with E-state index in [0.29, 0.717) is 16.8 Å². The molecule has 0 radical (unpaired) electrons. The Balaban J connectivity index is 2.12. The second kappa shape index (κ2) is 8.08. The molecule has 2 aromatic rings. The summed E-state index contributed by atoms with van der Waals surface area (Å²) < 4.78 is 40.3. The second-order valence-electron chi connectivity index (χ2n) is 5.64. The third kappa shape index (κ3) is 4.65. The lowest BCUT2D eigenvalue weighted by Gasteiger charge is -2.21. The van der Waals surface area contributed by atoms with Crippen LogP contribution in [-0.2, 0) is 14.8 Å². The van der Waals surface area contributed by atoms with Crippen LogP contribution >= 0.6 is 0 Å². The molecule has 2 rings (SSSR count). The zero-order valence-corrected chi connectivity index (χ0v) is 15.2. The van der Waals surface area contributed by atoms with Gasteiger partial charge in [-0.2, -0.15) is 5.26 Å². The van der Waals surface area contributed by atoms with Crippen LogP contribution in [0.4, 0.5) is 10.1 Å². The molecular formula is C18H18FN3O3S. The molecule has 0 aliphatic heterocycles. The van der Waals surface area contributed by atoms with E-state index in [-0.39, 0.29) is 23.9 Å². The molecule has 0 atom stereocenters. The maximum absolute atomic E-state index is 13.1. The van der Waals surface area contributed by atoms with Crippen LogP contribution in [0.1, 0.15) is 18.1 Å². The number of nitrogens with one attached hydrogen (secondary N) is 1. The molecule has 0 spiro atoms. The number of benzene rings is 2. The van der Waals surface area contributed by atoms with Gasteiger partial charge in [0.05, 0.1) is 16.5 Å². The molecule has 0 unspecified atom stereocenters. The van der Waals surface area contributed by atoms with Gasteiger partial charge in [0, 0.05) is 25.7 Å². The first-order valence-corrected chi connectivity index (χ1v) is 9.27. The number of hydrogen-bond acceptors (Lipinski definition) is 4. The Morgan fingerprint density at radius 1 is 1.27 bits per heavy atom. The maximum atomic E-state index is 13.1. The molecule has 0 fully saturated rings. The highest BCUT2D eigenvalue weighted by atomic mass is 32.2. The topological polar surface area (TPSA) is 90.3 Å². The van der Waals surface area contributed by atoms with Crippen LogP contribution in [0.3, 0.4) is 0 Å². The largest absolute Gasteiger partial charge is 0.311 e. The third-order valence-electron chi connectivity index (χ3n) is 3.72. The number of carbonyl (C=O) groups is 1. The fourth-order valence-electron chi connectivity index (χ4n) is 2.50. The SMILES string of the molecule is CC(=O)N(CCNS(=O)(=O)c1ccc(F)cc1C)c1cccc(C#N)c1. The molecular weight excluding hydrogens is 357 g/mol. The number of carbonyl (C=O) groups excluding carboxylic acids is 1. The predicted octanol–water partition coefficient (Wildman–Crippen LogP) is 2.34. The minimum absolute atomic E-state index is 0.0141. The molecule has 0 aliphatic carbocycles. The molecule has 26 heavy (non-hydrogen) atoms. The van der Waals surface area contributed by atoms with Crippen molar-refractivity contribution in [1.82, 2.24) is 4.72 Å². The van der Waals surface area contributed by atoms with E-state index in [2.05, 4.69) is 4.72 Å². The zero-order valence-electron chi connectivity index (χ0n) is 14.4. The van der Waals surface area contributed by atoms with Crippen molar-refractivity contribution >= 4 is 21.6 Å². The van der Waals surface area contributed by atoms with Gasteiger partial charge in [-0.3, -0.25) is 4.79 Å². The van der Waals surface area contributed by atoms with Gasteiger partial charge in [-0.25, -0.2) is 17.5 Å². The van der Waals surface area contributed by atoms with Crippen molar-refractivity contribution in [2.75, 3.05) is 18.0 Å². The summed E-state index contributed by atoms with van der Waals surface area (Å²) in [4.78, 5) is 13.2. The van der Waals surface area contributed by atoms with Crippen molar-refractivity contribution in [3.8, 4) is 6.07 Å². The number of anilines is 1. The Bertz CT molecular complexity index is 968. The molecule has 2 aromatic carbocycles. The monoisotopic (exact) mass is 375 g/mol. The summed E-state index contributed by atoms with van der Waals surface area (Å²) in [5, 5.41) is 8.96. The van der Waals surface area contributed by atoms with Gasteiger partial charge in [-0.1, -0.05) is 6.07 Å². The third-order valence-corrected chi connectivity index (χ3v) is 5.34. The Kier molecular flexibility index (Phi) is 6.08. The van der Waals surface area contributed by atoms with Gasteiger partial charge in [-0.05, 0) is 48.9 Å². The van der Waals surface area contributed by atoms with E-state index in [1.165, 1.54) is 24.8 Å². The van der Waals surface area contributed by atoms with Gasteiger partial charge in [-0.15, -0.1) is 0 Å². The quantitative estimate of drug-likeness (QED) is 0.839. The number of nitriles is 1. The number of rotatable bonds is 6. The lowest BCUT2D eigenvalue weighted by atomic mass is 10.2. The van der Waals surface area contributed by atoms with Crippen molar-refractivity contribution in [2.24, 2.45) is 0 Å². The molecule has 0 heterocycles. The van der Waals surface area contributed by atoms with Gasteiger partial charge >= 0.3 is 0 Å². The molecule has 6 nitrogen and oxygen atoms in total. The van der Waals surface area contributed by atoms with Crippen LogP contribution in [0.2, 0.25) is 0 Å². The average molecular weight is 375 g/mol. The van der Waals surface area contributed by atoms with E-state index in [9.17, 15) is 17.6 Å². The summed E-state index contributed by atoms with van der Waals surface area (Å²) in [5.74, 6) is -0.793. The van der Waals surface area contributed by atoms with Crippen molar-refractivity contribution in [1.29, 1.82) is 5.26 Å². The lowest BCUT2D eigenvalue weighted by molar-refractivity contribution is -0.116. The molecule has 8 heteroatoms. The summed E-state index contributed by atoms with van der Waals surface area (Å²) in [7, 11) is -3.83. The lowest BCUT2D eigenvalue weighted by Crippen LogP contribution is -2.37. The first-order chi connectivity index (χ1) is 12.2. The van der Waals surface area contributed by atoms with Crippen LogP contribution in [0, 0.1) is 24.1 Å². The fraction of sp³-hybridized carbons (Fsp3) is 0.222. The molecule has 1 N–H and O–H groups in total. The highest BCUT2D eigenvalue weighted by Gasteiger charge is 2.18. The zero-order chi connectivity index (χ0) is 19.3. The van der Waals surface area contributed by atoms with Crippen LogP contribution in [0.15, 0.2) is 47.4 Å². The minimum Gasteiger partial charge on any atom is -0.311 e. The molecule has 0 aliphatic rings. The van der Waals surface area contributed by atoms with Crippen LogP contribution < -0.4 is 9.62 Å². The average Bonchev–Trinajstić information content (AvgIpc) is 2.58. The smallest absolute Gasteiger partial charge is 0.240 e. The number of sulfonamides is 1. The first-order valence-electron chi connectivity index (χ1n) is 7.78. The van der Waals surface area contributed by atoms with E-state index in [1.54, 1.807) is 24.3 Å². The number of aryl methyl sites for hydroxylation is 1. The Morgan fingerprint density at radius 2 is 2.00 bits per heavy atom. The van der Waals surface area contributed by atoms with Gasteiger partial charge < -0.3 is 4.90 Å². The summed E-state index contributed by atoms with van der Waals surface area (Å²) in [5.41, 5.74) is 1.20. The minimum atomic E-state index is -3.83. The maximum Gasteiger partial charge on any atom is 0.240 e. The first kappa shape index (κ1) is 19.6. The Hall–Kier alpha value is -2.76. The number of amides is 1. The Labute approximate surface area is 151 Å². The van der Waals surface area contributed by atoms with Crippen LogP contribution in [0.5, 0.6) is 0 Å². The highest BCUT2D eigenvalue weighted by molar-refractivity contribution is 7.89. The molecule has 136 valence electrons. The molecule has 0 aromatic heterocycles. The highest BCUT2D eigenvalue weighted by Crippen LogP contribution is 2.17. The molecule has 0 bridgehead atoms. The van der Waals surface area contributed by atoms with E-state index in [4.69, 9.17) is 5.26 Å². The van der Waals surface area contributed by atoms with Crippen molar-refractivity contribution < 1.29 is 17.6 Å². The standard InChI is InChI=1S/C18H18FN3O3S/c1-13-10-16(19)6-7-18(13)26(24,25)21-8-9-22(14(2)23)17-5-3-4-15(11-17)12-20/h3-7,10-11,21H,8-9H2,1-2H3. The van der Waals surface area contributed by atoms with Crippen molar-refractivity contribution in [3.05, 3.63) is 59.4 Å². The normalized spacial score (nSPS) is 11.0. The van der Waals surface area contributed by atoms with Crippen molar-refractivity contribution in [3.63, 3.8) is 0 Å². The summed E-state index contributed by atoms with van der Waals surface area (Å²) in [6, 6.07) is 11.9. The van der Waals surface area contributed by atoms with Gasteiger partial charge in [0.2, 0.25) is 15.9 Å². The van der Waals surface area contributed by atoms with Crippen LogP contribution in [-0.4, -0.2) is 27.4 Å². The molecule has 1 amide bonds. The summed E-state index contributed by atoms with van der Waals surface area (Å²) in [6.07, 6.45) is 0. The summed E-state index contributed by atoms with van der Waals surface area (Å²) >= 11 is 0. The fourth-order valence-corrected chi connectivity index (χ4v) is 3.74. The van der Waals surface area contributed by atoms with Gasteiger partial charge in [0.1, 0.15) is 5.82 Å². The van der Waals surface area contributed by atoms with E-state index < -0.39 is 15.8 Å². The van der Waals surface area contributed by atoms with Gasteiger partial charge in [0.25, 0.3) is 0 Å². The van der Waals surface area contributed by atoms with Crippen molar-refractivity contribution in [2.45, 2.75) is 18.7 Å². The number of halogens is 1. The predicted molar refractivity (Wildman–Crippen MR) is 95.5 cm³/mol. The number of hydrogen-bond donors (Lipinski definition) is 1. The Morgan fingerprint density at radius 3 is 2.62 bits per heavy atom. The number of nitrogens with zero attached hydrogens (tertiary/aromatic N) is 2.